The van der Waals surface area contributed by atoms with Gasteiger partial charge in [-0.05, 0) is 35.0 Å². The first-order valence-electron chi connectivity index (χ1n) is 5.06. The Morgan fingerprint density at radius 3 is 2.61 bits per heavy atom. The molecule has 0 aliphatic rings. The van der Waals surface area contributed by atoms with Crippen molar-refractivity contribution in [2.75, 3.05) is 0 Å². The lowest BCUT2D eigenvalue weighted by molar-refractivity contribution is 0.0828. The molecule has 2 rings (SSSR count). The topological polar surface area (TPSA) is 87.1 Å². The smallest absolute Gasteiger partial charge is 0.305 e. The Morgan fingerprint density at radius 2 is 2.06 bits per heavy atom. The molecule has 18 heavy (non-hydrogen) atoms. The first kappa shape index (κ1) is 12.4. The Hall–Kier alpha value is -2.02. The van der Waals surface area contributed by atoms with Gasteiger partial charge in [-0.1, -0.05) is 0 Å². The summed E-state index contributed by atoms with van der Waals surface area (Å²) < 4.78 is 5.74. The van der Waals surface area contributed by atoms with Crippen LogP contribution < -0.4 is 10.9 Å². The van der Waals surface area contributed by atoms with E-state index in [1.807, 2.05) is 0 Å². The van der Waals surface area contributed by atoms with Crippen LogP contribution in [0.15, 0.2) is 33.5 Å². The van der Waals surface area contributed by atoms with Crippen molar-refractivity contribution in [3.8, 4) is 0 Å². The van der Waals surface area contributed by atoms with Crippen molar-refractivity contribution in [1.82, 2.24) is 15.8 Å². The van der Waals surface area contributed by atoms with Crippen LogP contribution in [0, 0.1) is 6.92 Å². The maximum Gasteiger partial charge on any atom is 0.305 e. The monoisotopic (exact) mass is 311 g/mol. The van der Waals surface area contributed by atoms with Gasteiger partial charge in [0.25, 0.3) is 5.91 Å². The molecule has 0 aromatic carbocycles. The van der Waals surface area contributed by atoms with Gasteiger partial charge in [-0.2, -0.15) is 0 Å². The van der Waals surface area contributed by atoms with Gasteiger partial charge < -0.3 is 9.40 Å². The Balaban J connectivity index is 1.94. The van der Waals surface area contributed by atoms with E-state index in [1.165, 1.54) is 6.26 Å². The molecule has 2 aromatic rings. The molecule has 0 aliphatic carbocycles. The van der Waals surface area contributed by atoms with Crippen molar-refractivity contribution in [3.63, 3.8) is 0 Å². The number of furan rings is 1. The van der Waals surface area contributed by atoms with Crippen LogP contribution in [-0.4, -0.2) is 16.8 Å². The second-order valence-corrected chi connectivity index (χ2v) is 4.49. The Kier molecular flexibility index (Phi) is 3.52. The van der Waals surface area contributed by atoms with Crippen LogP contribution in [0.1, 0.15) is 26.6 Å². The van der Waals surface area contributed by atoms with Crippen LogP contribution in [0.3, 0.4) is 0 Å². The number of nitrogens with one attached hydrogen (secondary N) is 3. The number of halogens is 1. The van der Waals surface area contributed by atoms with Crippen LogP contribution in [0.2, 0.25) is 0 Å². The molecule has 3 N–H and O–H groups in total. The van der Waals surface area contributed by atoms with E-state index in [0.717, 1.165) is 4.47 Å². The second kappa shape index (κ2) is 5.09. The molecule has 2 amide bonds. The maximum atomic E-state index is 11.6. The summed E-state index contributed by atoms with van der Waals surface area (Å²) in [4.78, 5) is 26.0. The highest BCUT2D eigenvalue weighted by Gasteiger charge is 2.14. The van der Waals surface area contributed by atoms with Gasteiger partial charge in [0.1, 0.15) is 5.69 Å². The third kappa shape index (κ3) is 2.62. The number of hydrogen-bond donors (Lipinski definition) is 3. The number of hydrazine groups is 1. The molecule has 0 atom stereocenters. The number of aryl methyl sites for hydroxylation is 1. The third-order valence-electron chi connectivity index (χ3n) is 2.25. The summed E-state index contributed by atoms with van der Waals surface area (Å²) in [5, 5.41) is 0. The number of carbonyl (C=O) groups excluding carboxylic acids is 2. The van der Waals surface area contributed by atoms with E-state index in [0.29, 0.717) is 11.3 Å². The lowest BCUT2D eigenvalue weighted by Crippen LogP contribution is -2.41. The lowest BCUT2D eigenvalue weighted by atomic mass is 10.3. The number of aromatic amines is 1. The quantitative estimate of drug-likeness (QED) is 0.738. The summed E-state index contributed by atoms with van der Waals surface area (Å²) in [6, 6.07) is 3.26. The van der Waals surface area contributed by atoms with E-state index in [1.54, 1.807) is 25.3 Å². The van der Waals surface area contributed by atoms with Gasteiger partial charge in [0.15, 0.2) is 5.76 Å². The van der Waals surface area contributed by atoms with Crippen molar-refractivity contribution in [2.45, 2.75) is 6.92 Å². The van der Waals surface area contributed by atoms with E-state index in [4.69, 9.17) is 4.42 Å². The predicted octanol–water partition coefficient (Wildman–Crippen LogP) is 1.75. The number of aromatic nitrogens is 1. The molecule has 94 valence electrons. The average molecular weight is 312 g/mol. The second-order valence-electron chi connectivity index (χ2n) is 3.57. The molecule has 0 fully saturated rings. The Bertz CT molecular complexity index is 588. The number of hydrogen-bond acceptors (Lipinski definition) is 3. The molecule has 0 aliphatic heterocycles. The van der Waals surface area contributed by atoms with Crippen molar-refractivity contribution in [2.24, 2.45) is 0 Å². The van der Waals surface area contributed by atoms with Gasteiger partial charge in [0.05, 0.1) is 6.26 Å². The van der Waals surface area contributed by atoms with Crippen LogP contribution in [0.4, 0.5) is 0 Å². The molecule has 6 nitrogen and oxygen atoms in total. The minimum absolute atomic E-state index is 0.169. The van der Waals surface area contributed by atoms with Gasteiger partial charge in [0, 0.05) is 16.2 Å². The van der Waals surface area contributed by atoms with Crippen LogP contribution in [-0.2, 0) is 0 Å². The summed E-state index contributed by atoms with van der Waals surface area (Å²) in [7, 11) is 0. The van der Waals surface area contributed by atoms with E-state index in [9.17, 15) is 9.59 Å². The molecule has 0 saturated heterocycles. The maximum absolute atomic E-state index is 11.6. The largest absolute Gasteiger partial charge is 0.459 e. The van der Waals surface area contributed by atoms with Gasteiger partial charge in [-0.15, -0.1) is 0 Å². The fourth-order valence-corrected chi connectivity index (χ4v) is 1.69. The molecule has 0 bridgehead atoms. The molecular formula is C11H10BrN3O3. The van der Waals surface area contributed by atoms with Crippen molar-refractivity contribution >= 4 is 27.7 Å². The zero-order chi connectivity index (χ0) is 13.1. The highest BCUT2D eigenvalue weighted by molar-refractivity contribution is 9.10. The van der Waals surface area contributed by atoms with E-state index in [2.05, 4.69) is 31.8 Å². The summed E-state index contributed by atoms with van der Waals surface area (Å²) in [5.41, 5.74) is 5.57. The fraction of sp³-hybridized carbons (Fsp3) is 0.0909. The number of H-pyrrole nitrogens is 1. The Labute approximate surface area is 111 Å². The summed E-state index contributed by atoms with van der Waals surface area (Å²) in [6.07, 6.45) is 3.03. The van der Waals surface area contributed by atoms with Gasteiger partial charge >= 0.3 is 5.91 Å². The fourth-order valence-electron chi connectivity index (χ4n) is 1.34. The van der Waals surface area contributed by atoms with Crippen molar-refractivity contribution in [3.05, 3.63) is 46.1 Å². The third-order valence-corrected chi connectivity index (χ3v) is 2.71. The van der Waals surface area contributed by atoms with Crippen LogP contribution >= 0.6 is 15.9 Å². The highest BCUT2D eigenvalue weighted by Crippen LogP contribution is 2.10. The number of rotatable bonds is 2. The summed E-state index contributed by atoms with van der Waals surface area (Å²) >= 11 is 3.21. The summed E-state index contributed by atoms with van der Waals surface area (Å²) in [5.74, 6) is -0.780. The van der Waals surface area contributed by atoms with Crippen molar-refractivity contribution < 1.29 is 14.0 Å². The van der Waals surface area contributed by atoms with E-state index in [-0.39, 0.29) is 5.76 Å². The van der Waals surface area contributed by atoms with Gasteiger partial charge in [-0.25, -0.2) is 0 Å². The molecule has 2 heterocycles. The van der Waals surface area contributed by atoms with Crippen molar-refractivity contribution in [1.29, 1.82) is 0 Å². The number of carbonyl (C=O) groups is 2. The standard InChI is InChI=1S/C11H10BrN3O3/c1-6-2-3-18-9(6)11(17)15-14-10(16)8-4-7(12)5-13-8/h2-5,13H,1H3,(H,14,16)(H,15,17). The highest BCUT2D eigenvalue weighted by atomic mass is 79.9. The van der Waals surface area contributed by atoms with E-state index < -0.39 is 11.8 Å². The lowest BCUT2D eigenvalue weighted by Gasteiger charge is -2.04. The first-order chi connectivity index (χ1) is 8.58. The normalized spacial score (nSPS) is 10.1. The summed E-state index contributed by atoms with van der Waals surface area (Å²) in [6.45, 7) is 1.74. The predicted molar refractivity (Wildman–Crippen MR) is 66.9 cm³/mol. The molecule has 0 unspecified atom stereocenters. The van der Waals surface area contributed by atoms with Gasteiger partial charge in [-0.3, -0.25) is 20.4 Å². The van der Waals surface area contributed by atoms with Gasteiger partial charge in [0.2, 0.25) is 0 Å². The van der Waals surface area contributed by atoms with Crippen LogP contribution in [0.25, 0.3) is 0 Å². The Morgan fingerprint density at radius 1 is 1.33 bits per heavy atom. The molecule has 0 spiro atoms. The minimum atomic E-state index is -0.503. The molecule has 0 radical (unpaired) electrons. The minimum Gasteiger partial charge on any atom is -0.459 e. The molecule has 2 aromatic heterocycles. The zero-order valence-electron chi connectivity index (χ0n) is 9.41. The molecule has 0 saturated carbocycles. The van der Waals surface area contributed by atoms with E-state index >= 15 is 0 Å². The SMILES string of the molecule is Cc1ccoc1C(=O)NNC(=O)c1cc(Br)c[nH]1. The molecule has 7 heteroatoms. The number of amides is 2. The molecular weight excluding hydrogens is 302 g/mol. The zero-order valence-corrected chi connectivity index (χ0v) is 11.0. The first-order valence-corrected chi connectivity index (χ1v) is 5.86. The average Bonchev–Trinajstić information content (AvgIpc) is 2.94. The van der Waals surface area contributed by atoms with Crippen LogP contribution in [0.5, 0.6) is 0 Å².